The van der Waals surface area contributed by atoms with Crippen LogP contribution in [0.1, 0.15) is 54.9 Å². The summed E-state index contributed by atoms with van der Waals surface area (Å²) >= 11 is 0. The van der Waals surface area contributed by atoms with E-state index in [0.29, 0.717) is 0 Å². The summed E-state index contributed by atoms with van der Waals surface area (Å²) in [6, 6.07) is -1.70. The number of piperazine rings is 1. The predicted octanol–water partition coefficient (Wildman–Crippen LogP) is 0.905. The third-order valence-corrected chi connectivity index (χ3v) is 3.01. The minimum absolute atomic E-state index is 0.198. The minimum Gasteiger partial charge on any atom is -0.460 e. The maximum atomic E-state index is 12.2. The normalized spacial score (nSPS) is 23.8. The smallest absolute Gasteiger partial charge is 0.308 e. The van der Waals surface area contributed by atoms with Crippen LogP contribution in [0.4, 0.5) is 0 Å². The van der Waals surface area contributed by atoms with Gasteiger partial charge in [-0.15, -0.1) is 0 Å². The Labute approximate surface area is 137 Å². The van der Waals surface area contributed by atoms with Crippen molar-refractivity contribution < 1.29 is 23.9 Å². The molecule has 132 valence electrons. The largest absolute Gasteiger partial charge is 0.460 e. The standard InChI is InChI=1S/C16H28N2O5/c1-9(22-15(2,3)4)12-14(21)17-10(13(20)18-12)8-11(19)23-16(5,6)7/h9-10,12H,8H2,1-7H3,(H,17,21)(H,18,20). The number of rotatable bonds is 4. The zero-order valence-corrected chi connectivity index (χ0v) is 15.0. The van der Waals surface area contributed by atoms with Gasteiger partial charge in [-0.25, -0.2) is 0 Å². The fourth-order valence-corrected chi connectivity index (χ4v) is 2.30. The molecule has 3 atom stereocenters. The lowest BCUT2D eigenvalue weighted by Crippen LogP contribution is -2.65. The summed E-state index contributed by atoms with van der Waals surface area (Å²) in [6.45, 7) is 12.6. The van der Waals surface area contributed by atoms with Crippen molar-refractivity contribution in [2.24, 2.45) is 0 Å². The molecule has 23 heavy (non-hydrogen) atoms. The Balaban J connectivity index is 2.65. The topological polar surface area (TPSA) is 93.7 Å². The first kappa shape index (κ1) is 19.4. The van der Waals surface area contributed by atoms with Crippen molar-refractivity contribution in [1.82, 2.24) is 10.6 Å². The molecule has 0 radical (unpaired) electrons. The van der Waals surface area contributed by atoms with Crippen LogP contribution in [0.15, 0.2) is 0 Å². The van der Waals surface area contributed by atoms with Crippen molar-refractivity contribution in [3.8, 4) is 0 Å². The highest BCUT2D eigenvalue weighted by molar-refractivity contribution is 5.99. The Kier molecular flexibility index (Phi) is 5.79. The van der Waals surface area contributed by atoms with Gasteiger partial charge in [0.1, 0.15) is 17.7 Å². The van der Waals surface area contributed by atoms with Gasteiger partial charge in [-0.05, 0) is 48.5 Å². The van der Waals surface area contributed by atoms with E-state index in [4.69, 9.17) is 9.47 Å². The average Bonchev–Trinajstić information content (AvgIpc) is 2.28. The fraction of sp³-hybridized carbons (Fsp3) is 0.812. The van der Waals surface area contributed by atoms with Gasteiger partial charge in [0.25, 0.3) is 0 Å². The van der Waals surface area contributed by atoms with E-state index in [1.807, 2.05) is 20.8 Å². The lowest BCUT2D eigenvalue weighted by molar-refractivity contribution is -0.158. The summed E-state index contributed by atoms with van der Waals surface area (Å²) in [5, 5.41) is 5.19. The second-order valence-electron chi connectivity index (χ2n) is 7.77. The van der Waals surface area contributed by atoms with Crippen molar-refractivity contribution in [2.45, 2.75) is 84.3 Å². The van der Waals surface area contributed by atoms with Crippen molar-refractivity contribution in [1.29, 1.82) is 0 Å². The number of carbonyl (C=O) groups is 3. The SMILES string of the molecule is CC(OC(C)(C)C)C1NC(=O)C(CC(=O)OC(C)(C)C)NC1=O. The molecule has 1 rings (SSSR count). The molecule has 0 aromatic carbocycles. The average molecular weight is 328 g/mol. The van der Waals surface area contributed by atoms with Crippen LogP contribution in [0, 0.1) is 0 Å². The Morgan fingerprint density at radius 2 is 1.61 bits per heavy atom. The van der Waals surface area contributed by atoms with E-state index >= 15 is 0 Å². The van der Waals surface area contributed by atoms with Crippen molar-refractivity contribution >= 4 is 17.8 Å². The lowest BCUT2D eigenvalue weighted by atomic mass is 10.0. The zero-order chi connectivity index (χ0) is 18.0. The first-order valence-electron chi connectivity index (χ1n) is 7.79. The predicted molar refractivity (Wildman–Crippen MR) is 84.6 cm³/mol. The second kappa shape index (κ2) is 6.86. The molecule has 2 N–H and O–H groups in total. The molecule has 1 heterocycles. The van der Waals surface area contributed by atoms with Gasteiger partial charge in [-0.3, -0.25) is 14.4 Å². The number of hydrogen-bond acceptors (Lipinski definition) is 5. The highest BCUT2D eigenvalue weighted by Gasteiger charge is 2.39. The van der Waals surface area contributed by atoms with Crippen LogP contribution in [0.5, 0.6) is 0 Å². The fourth-order valence-electron chi connectivity index (χ4n) is 2.30. The molecule has 0 aliphatic carbocycles. The molecule has 1 aliphatic rings. The summed E-state index contributed by atoms with van der Waals surface area (Å²) in [4.78, 5) is 36.1. The number of nitrogens with one attached hydrogen (secondary N) is 2. The highest BCUT2D eigenvalue weighted by atomic mass is 16.6. The maximum Gasteiger partial charge on any atom is 0.308 e. The van der Waals surface area contributed by atoms with E-state index in [-0.39, 0.29) is 12.3 Å². The summed E-state index contributed by atoms with van der Waals surface area (Å²) < 4.78 is 10.9. The molecule has 0 aromatic heterocycles. The monoisotopic (exact) mass is 328 g/mol. The number of amides is 2. The van der Waals surface area contributed by atoms with Gasteiger partial charge in [-0.1, -0.05) is 0 Å². The van der Waals surface area contributed by atoms with E-state index in [1.54, 1.807) is 27.7 Å². The van der Waals surface area contributed by atoms with Gasteiger partial charge in [0, 0.05) is 0 Å². The molecule has 1 saturated heterocycles. The van der Waals surface area contributed by atoms with Gasteiger partial charge in [0.15, 0.2) is 0 Å². The molecule has 2 amide bonds. The number of ether oxygens (including phenoxy) is 2. The van der Waals surface area contributed by atoms with Gasteiger partial charge in [-0.2, -0.15) is 0 Å². The maximum absolute atomic E-state index is 12.2. The molecule has 7 nitrogen and oxygen atoms in total. The van der Waals surface area contributed by atoms with E-state index in [1.165, 1.54) is 0 Å². The molecule has 1 aliphatic heterocycles. The Morgan fingerprint density at radius 3 is 2.09 bits per heavy atom. The molecular formula is C16H28N2O5. The molecule has 0 aromatic rings. The first-order valence-corrected chi connectivity index (χ1v) is 7.79. The van der Waals surface area contributed by atoms with E-state index in [0.717, 1.165) is 0 Å². The Morgan fingerprint density at radius 1 is 1.04 bits per heavy atom. The van der Waals surface area contributed by atoms with Crippen LogP contribution >= 0.6 is 0 Å². The lowest BCUT2D eigenvalue weighted by Gasteiger charge is -2.35. The number of hydrogen-bond donors (Lipinski definition) is 2. The van der Waals surface area contributed by atoms with Crippen molar-refractivity contribution in [3.63, 3.8) is 0 Å². The Bertz CT molecular complexity index is 476. The number of esters is 1. The Hall–Kier alpha value is -1.63. The summed E-state index contributed by atoms with van der Waals surface area (Å²) in [6.07, 6.45) is -0.683. The van der Waals surface area contributed by atoms with E-state index < -0.39 is 41.3 Å². The van der Waals surface area contributed by atoms with Crippen LogP contribution in [-0.2, 0) is 23.9 Å². The molecule has 0 saturated carbocycles. The van der Waals surface area contributed by atoms with Crippen molar-refractivity contribution in [3.05, 3.63) is 0 Å². The third-order valence-electron chi connectivity index (χ3n) is 3.01. The van der Waals surface area contributed by atoms with Crippen LogP contribution < -0.4 is 10.6 Å². The van der Waals surface area contributed by atoms with Gasteiger partial charge >= 0.3 is 5.97 Å². The van der Waals surface area contributed by atoms with Crippen LogP contribution in [0.25, 0.3) is 0 Å². The van der Waals surface area contributed by atoms with Crippen molar-refractivity contribution in [2.75, 3.05) is 0 Å². The van der Waals surface area contributed by atoms with Crippen LogP contribution in [0.3, 0.4) is 0 Å². The van der Waals surface area contributed by atoms with Gasteiger partial charge in [0.05, 0.1) is 18.1 Å². The summed E-state index contributed by atoms with van der Waals surface area (Å²) in [5.41, 5.74) is -1.07. The molecule has 3 unspecified atom stereocenters. The first-order chi connectivity index (χ1) is 10.3. The molecule has 1 fully saturated rings. The minimum atomic E-state index is -0.921. The van der Waals surface area contributed by atoms with E-state index in [9.17, 15) is 14.4 Å². The summed E-state index contributed by atoms with van der Waals surface area (Å²) in [5.74, 6) is -1.31. The quantitative estimate of drug-likeness (QED) is 0.748. The van der Waals surface area contributed by atoms with Crippen LogP contribution in [-0.4, -0.2) is 47.2 Å². The van der Waals surface area contributed by atoms with E-state index in [2.05, 4.69) is 10.6 Å². The molecule has 0 bridgehead atoms. The molecule has 7 heteroatoms. The second-order valence-corrected chi connectivity index (χ2v) is 7.77. The third kappa shape index (κ3) is 6.56. The molecular weight excluding hydrogens is 300 g/mol. The van der Waals surface area contributed by atoms with Crippen LogP contribution in [0.2, 0.25) is 0 Å². The summed E-state index contributed by atoms with van der Waals surface area (Å²) in [7, 11) is 0. The molecule has 0 spiro atoms. The van der Waals surface area contributed by atoms with Gasteiger partial charge < -0.3 is 20.1 Å². The highest BCUT2D eigenvalue weighted by Crippen LogP contribution is 2.16. The van der Waals surface area contributed by atoms with Gasteiger partial charge in [0.2, 0.25) is 11.8 Å². The number of carbonyl (C=O) groups excluding carboxylic acids is 3. The zero-order valence-electron chi connectivity index (χ0n) is 15.0.